The predicted octanol–water partition coefficient (Wildman–Crippen LogP) is 4.56. The van der Waals surface area contributed by atoms with Crippen molar-refractivity contribution in [3.63, 3.8) is 0 Å². The summed E-state index contributed by atoms with van der Waals surface area (Å²) < 4.78 is 11.7. The van der Waals surface area contributed by atoms with E-state index < -0.39 is 5.60 Å². The smallest absolute Gasteiger partial charge is 0.256 e. The number of anilines is 1. The number of carbonyl (C=O) groups is 1. The lowest BCUT2D eigenvalue weighted by Crippen LogP contribution is -2.48. The summed E-state index contributed by atoms with van der Waals surface area (Å²) in [5.41, 5.74) is 0.771. The molecule has 26 heavy (non-hydrogen) atoms. The van der Waals surface area contributed by atoms with Gasteiger partial charge in [-0.25, -0.2) is 0 Å². The second kappa shape index (κ2) is 8.04. The number of benzene rings is 1. The zero-order chi connectivity index (χ0) is 18.6. The van der Waals surface area contributed by atoms with Crippen molar-refractivity contribution in [1.82, 2.24) is 4.98 Å². The molecule has 1 N–H and O–H groups in total. The van der Waals surface area contributed by atoms with Gasteiger partial charge in [-0.15, -0.1) is 0 Å². The van der Waals surface area contributed by atoms with Gasteiger partial charge >= 0.3 is 0 Å². The average Bonchev–Trinajstić information content (AvgIpc) is 2.64. The monoisotopic (exact) mass is 356 g/mol. The average molecular weight is 356 g/mol. The summed E-state index contributed by atoms with van der Waals surface area (Å²) in [5, 5.41) is 3.99. The van der Waals surface area contributed by atoms with E-state index in [0.29, 0.717) is 19.1 Å². The van der Waals surface area contributed by atoms with Gasteiger partial charge in [0.1, 0.15) is 16.9 Å². The first-order valence-corrected chi connectivity index (χ1v) is 9.55. The predicted molar refractivity (Wildman–Crippen MR) is 104 cm³/mol. The number of nitrogens with one attached hydrogen (secondary N) is 1. The number of amides is 1. The van der Waals surface area contributed by atoms with Gasteiger partial charge in [-0.1, -0.05) is 13.3 Å². The number of rotatable bonds is 6. The summed E-state index contributed by atoms with van der Waals surface area (Å²) in [5.74, 6) is 1.16. The number of hydrogen-bond donors (Lipinski definition) is 1. The molecule has 2 atom stereocenters. The molecule has 0 spiro atoms. The Kier molecular flexibility index (Phi) is 5.77. The molecule has 1 aliphatic rings. The lowest BCUT2D eigenvalue weighted by molar-refractivity contribution is -0.147. The lowest BCUT2D eigenvalue weighted by Gasteiger charge is -2.38. The van der Waals surface area contributed by atoms with Gasteiger partial charge in [-0.2, -0.15) is 0 Å². The highest BCUT2D eigenvalue weighted by atomic mass is 16.5. The van der Waals surface area contributed by atoms with E-state index in [9.17, 15) is 4.79 Å². The highest BCUT2D eigenvalue weighted by Gasteiger charge is 2.42. The van der Waals surface area contributed by atoms with Gasteiger partial charge in [0.2, 0.25) is 0 Å². The first-order chi connectivity index (χ1) is 12.6. The van der Waals surface area contributed by atoms with E-state index in [4.69, 9.17) is 9.47 Å². The van der Waals surface area contributed by atoms with Crippen molar-refractivity contribution in [3.8, 4) is 5.75 Å². The van der Waals surface area contributed by atoms with E-state index in [1.165, 1.54) is 0 Å². The Hall–Kier alpha value is -2.14. The molecule has 2 aromatic rings. The van der Waals surface area contributed by atoms with Crippen LogP contribution in [0.2, 0.25) is 0 Å². The number of carbonyl (C=O) groups excluding carboxylic acids is 1. The van der Waals surface area contributed by atoms with Crippen LogP contribution >= 0.6 is 0 Å². The minimum Gasteiger partial charge on any atom is -0.492 e. The molecule has 5 heteroatoms. The Morgan fingerprint density at radius 1 is 1.31 bits per heavy atom. The quantitative estimate of drug-likeness (QED) is 0.824. The number of ether oxygens (including phenoxy) is 2. The van der Waals surface area contributed by atoms with Crippen LogP contribution in [0.25, 0.3) is 10.9 Å². The summed E-state index contributed by atoms with van der Waals surface area (Å²) in [7, 11) is 0. The third kappa shape index (κ3) is 3.68. The van der Waals surface area contributed by atoms with Crippen LogP contribution in [0.15, 0.2) is 30.5 Å². The fourth-order valence-corrected chi connectivity index (χ4v) is 3.95. The van der Waals surface area contributed by atoms with E-state index in [1.807, 2.05) is 38.1 Å². The molecule has 1 fully saturated rings. The Balaban J connectivity index is 1.92. The van der Waals surface area contributed by atoms with Gasteiger partial charge in [-0.05, 0) is 63.3 Å². The van der Waals surface area contributed by atoms with Gasteiger partial charge in [0.25, 0.3) is 5.91 Å². The van der Waals surface area contributed by atoms with Crippen LogP contribution in [0.4, 0.5) is 5.69 Å². The number of pyridine rings is 1. The normalized spacial score (nSPS) is 23.0. The molecular weight excluding hydrogens is 328 g/mol. The molecule has 0 unspecified atom stereocenters. The maximum atomic E-state index is 13.2. The van der Waals surface area contributed by atoms with Gasteiger partial charge < -0.3 is 14.8 Å². The Bertz CT molecular complexity index is 773. The summed E-state index contributed by atoms with van der Waals surface area (Å²) in [4.78, 5) is 17.6. The van der Waals surface area contributed by atoms with Crippen molar-refractivity contribution >= 4 is 22.5 Å². The zero-order valence-corrected chi connectivity index (χ0v) is 15.9. The second-order valence-electron chi connectivity index (χ2n) is 7.03. The number of hydrogen-bond acceptors (Lipinski definition) is 4. The van der Waals surface area contributed by atoms with E-state index in [2.05, 4.69) is 17.2 Å². The number of fused-ring (bicyclic) bond motifs is 1. The zero-order valence-electron chi connectivity index (χ0n) is 15.9. The highest BCUT2D eigenvalue weighted by Crippen LogP contribution is 2.37. The first kappa shape index (κ1) is 18.6. The van der Waals surface area contributed by atoms with Gasteiger partial charge in [-0.3, -0.25) is 9.78 Å². The maximum Gasteiger partial charge on any atom is 0.256 e. The van der Waals surface area contributed by atoms with Gasteiger partial charge in [0, 0.05) is 18.2 Å². The second-order valence-corrected chi connectivity index (χ2v) is 7.03. The van der Waals surface area contributed by atoms with Crippen molar-refractivity contribution in [1.29, 1.82) is 0 Å². The van der Waals surface area contributed by atoms with Crippen molar-refractivity contribution in [2.24, 2.45) is 5.92 Å². The highest BCUT2D eigenvalue weighted by molar-refractivity contribution is 6.05. The van der Waals surface area contributed by atoms with E-state index in [0.717, 1.165) is 48.0 Å². The molecule has 1 aromatic heterocycles. The van der Waals surface area contributed by atoms with Crippen molar-refractivity contribution in [2.45, 2.75) is 52.1 Å². The van der Waals surface area contributed by atoms with Crippen molar-refractivity contribution in [2.75, 3.05) is 18.5 Å². The van der Waals surface area contributed by atoms with Crippen LogP contribution in [0, 0.1) is 5.92 Å². The molecule has 5 nitrogen and oxygen atoms in total. The van der Waals surface area contributed by atoms with Crippen LogP contribution in [0.3, 0.4) is 0 Å². The SMILES string of the molecule is CCOc1ccc(NC(=O)[C@@]2(OCC)CCC[C@H](C)C2)c2cccnc12. The summed E-state index contributed by atoms with van der Waals surface area (Å²) in [6.45, 7) is 7.19. The Morgan fingerprint density at radius 3 is 2.88 bits per heavy atom. The Labute approximate surface area is 155 Å². The van der Waals surface area contributed by atoms with Gasteiger partial charge in [0.05, 0.1) is 12.3 Å². The molecule has 1 aliphatic carbocycles. The number of nitrogens with zero attached hydrogens (tertiary/aromatic N) is 1. The molecule has 0 aliphatic heterocycles. The molecule has 1 heterocycles. The molecule has 3 rings (SSSR count). The summed E-state index contributed by atoms with van der Waals surface area (Å²) in [6, 6.07) is 7.58. The van der Waals surface area contributed by atoms with E-state index in [-0.39, 0.29) is 5.91 Å². The third-order valence-electron chi connectivity index (χ3n) is 5.07. The minimum absolute atomic E-state index is 0.0554. The molecule has 0 saturated heterocycles. The molecular formula is C21H28N2O3. The molecule has 0 bridgehead atoms. The molecule has 1 amide bonds. The van der Waals surface area contributed by atoms with Crippen LogP contribution in [-0.2, 0) is 9.53 Å². The lowest BCUT2D eigenvalue weighted by atomic mass is 9.78. The van der Waals surface area contributed by atoms with Crippen LogP contribution in [0.5, 0.6) is 5.75 Å². The third-order valence-corrected chi connectivity index (χ3v) is 5.07. The number of aromatic nitrogens is 1. The first-order valence-electron chi connectivity index (χ1n) is 9.55. The standard InChI is InChI=1S/C21H28N2O3/c1-4-25-18-11-10-17(16-9-7-13-22-19(16)18)23-20(24)21(26-5-2)12-6-8-15(3)14-21/h7,9-11,13,15H,4-6,8,12,14H2,1-3H3,(H,23,24)/t15-,21+/m0/s1. The largest absolute Gasteiger partial charge is 0.492 e. The van der Waals surface area contributed by atoms with Crippen LogP contribution < -0.4 is 10.1 Å². The van der Waals surface area contributed by atoms with Crippen LogP contribution in [-0.4, -0.2) is 29.7 Å². The molecule has 140 valence electrons. The summed E-state index contributed by atoms with van der Waals surface area (Å²) >= 11 is 0. The van der Waals surface area contributed by atoms with Gasteiger partial charge in [0.15, 0.2) is 0 Å². The molecule has 1 saturated carbocycles. The van der Waals surface area contributed by atoms with Crippen molar-refractivity contribution in [3.05, 3.63) is 30.5 Å². The topological polar surface area (TPSA) is 60.5 Å². The minimum atomic E-state index is -0.737. The fourth-order valence-electron chi connectivity index (χ4n) is 3.95. The molecule has 1 aromatic carbocycles. The van der Waals surface area contributed by atoms with E-state index in [1.54, 1.807) is 6.20 Å². The molecule has 0 radical (unpaired) electrons. The van der Waals surface area contributed by atoms with Crippen molar-refractivity contribution < 1.29 is 14.3 Å². The fraction of sp³-hybridized carbons (Fsp3) is 0.524. The Morgan fingerprint density at radius 2 is 2.15 bits per heavy atom. The van der Waals surface area contributed by atoms with Crippen LogP contribution in [0.1, 0.15) is 46.5 Å². The summed E-state index contributed by atoms with van der Waals surface area (Å²) in [6.07, 6.45) is 5.43. The maximum absolute atomic E-state index is 13.2. The van der Waals surface area contributed by atoms with E-state index >= 15 is 0 Å².